The van der Waals surface area contributed by atoms with Crippen LogP contribution in [0.3, 0.4) is 0 Å². The molecule has 1 unspecified atom stereocenters. The fourth-order valence-corrected chi connectivity index (χ4v) is 2.00. The van der Waals surface area contributed by atoms with E-state index in [1.807, 2.05) is 6.07 Å². The van der Waals surface area contributed by atoms with Crippen LogP contribution in [-0.4, -0.2) is 18.1 Å². The monoisotopic (exact) mass is 302 g/mol. The van der Waals surface area contributed by atoms with Crippen molar-refractivity contribution in [2.24, 2.45) is 0 Å². The third-order valence-corrected chi connectivity index (χ3v) is 3.21. The Morgan fingerprint density at radius 1 is 1.00 bits per heavy atom. The maximum Gasteiger partial charge on any atom is 1.00 e. The van der Waals surface area contributed by atoms with Crippen molar-refractivity contribution in [1.82, 2.24) is 0 Å². The van der Waals surface area contributed by atoms with E-state index in [0.717, 1.165) is 0 Å². The van der Waals surface area contributed by atoms with Crippen LogP contribution in [0.5, 0.6) is 11.5 Å². The van der Waals surface area contributed by atoms with E-state index in [9.17, 15) is 18.1 Å². The summed E-state index contributed by atoms with van der Waals surface area (Å²) in [7, 11) is -4.80. The van der Waals surface area contributed by atoms with Crippen LogP contribution in [-0.2, 0) is 10.1 Å². The normalized spacial score (nSPS) is 12.3. The van der Waals surface area contributed by atoms with Gasteiger partial charge in [-0.1, -0.05) is 30.3 Å². The van der Waals surface area contributed by atoms with Crippen molar-refractivity contribution in [1.29, 1.82) is 0 Å². The van der Waals surface area contributed by atoms with Crippen LogP contribution >= 0.6 is 0 Å². The van der Waals surface area contributed by atoms with Crippen LogP contribution in [0.15, 0.2) is 54.6 Å². The summed E-state index contributed by atoms with van der Waals surface area (Å²) in [6, 6.07) is 14.6. The van der Waals surface area contributed by atoms with Crippen molar-refractivity contribution in [3.8, 4) is 11.5 Å². The minimum atomic E-state index is -4.80. The van der Waals surface area contributed by atoms with Gasteiger partial charge in [0.1, 0.15) is 21.6 Å². The molecule has 0 amide bonds. The van der Waals surface area contributed by atoms with Gasteiger partial charge in [0.25, 0.3) is 0 Å². The van der Waals surface area contributed by atoms with Gasteiger partial charge in [-0.25, -0.2) is 8.42 Å². The molecule has 0 radical (unpaired) electrons. The van der Waals surface area contributed by atoms with E-state index >= 15 is 0 Å². The van der Waals surface area contributed by atoms with Gasteiger partial charge in [-0.3, -0.25) is 0 Å². The Hall–Kier alpha value is -0.890. The van der Waals surface area contributed by atoms with Crippen LogP contribution in [0, 0.1) is 0 Å². The van der Waals surface area contributed by atoms with E-state index in [1.165, 1.54) is 18.2 Å². The van der Waals surface area contributed by atoms with Crippen molar-refractivity contribution < 1.29 is 52.4 Å². The Morgan fingerprint density at radius 3 is 2.20 bits per heavy atom. The average molecular weight is 302 g/mol. The molecular weight excluding hydrogens is 291 g/mol. The Morgan fingerprint density at radius 2 is 1.60 bits per heavy atom. The molecule has 5 nitrogen and oxygen atoms in total. The van der Waals surface area contributed by atoms with Gasteiger partial charge in [0.15, 0.2) is 5.44 Å². The molecule has 100 valence electrons. The first kappa shape index (κ1) is 17.2. The summed E-state index contributed by atoms with van der Waals surface area (Å²) >= 11 is 0. The third kappa shape index (κ3) is 4.59. The number of ether oxygens (including phenoxy) is 1. The van der Waals surface area contributed by atoms with Gasteiger partial charge in [0.2, 0.25) is 0 Å². The van der Waals surface area contributed by atoms with Crippen molar-refractivity contribution in [2.75, 3.05) is 0 Å². The Labute approximate surface area is 139 Å². The largest absolute Gasteiger partial charge is 1.00 e. The zero-order chi connectivity index (χ0) is 13.9. The molecule has 2 aromatic rings. The minimum absolute atomic E-state index is 0. The quantitative estimate of drug-likeness (QED) is 0.579. The average Bonchev–Trinajstić information content (AvgIpc) is 2.38. The van der Waals surface area contributed by atoms with E-state index in [0.29, 0.717) is 11.5 Å². The Bertz CT molecular complexity index is 657. The SMILES string of the molecule is O=S(=O)([O-])C(O)c1cccc(Oc2ccccc2)c1.[Na+]. The summed E-state index contributed by atoms with van der Waals surface area (Å²) in [6.07, 6.45) is 0. The smallest absolute Gasteiger partial charge is 0.746 e. The van der Waals surface area contributed by atoms with Crippen LogP contribution in [0.25, 0.3) is 0 Å². The van der Waals surface area contributed by atoms with Crippen LogP contribution in [0.4, 0.5) is 0 Å². The maximum atomic E-state index is 10.8. The summed E-state index contributed by atoms with van der Waals surface area (Å²) in [6.45, 7) is 0. The number of benzene rings is 2. The predicted octanol–water partition coefficient (Wildman–Crippen LogP) is -0.981. The first-order valence-electron chi connectivity index (χ1n) is 5.42. The zero-order valence-electron chi connectivity index (χ0n) is 10.8. The van der Waals surface area contributed by atoms with E-state index in [1.54, 1.807) is 30.3 Å². The molecule has 0 aromatic heterocycles. The first-order valence-corrected chi connectivity index (χ1v) is 6.89. The molecule has 0 saturated carbocycles. The molecule has 0 bridgehead atoms. The van der Waals surface area contributed by atoms with Gasteiger partial charge in [0.05, 0.1) is 0 Å². The zero-order valence-corrected chi connectivity index (χ0v) is 13.6. The molecule has 1 atom stereocenters. The van der Waals surface area contributed by atoms with Gasteiger partial charge < -0.3 is 14.4 Å². The van der Waals surface area contributed by atoms with Gasteiger partial charge >= 0.3 is 29.6 Å². The summed E-state index contributed by atoms with van der Waals surface area (Å²) in [5.74, 6) is 0.908. The molecule has 0 aliphatic carbocycles. The van der Waals surface area contributed by atoms with E-state index in [2.05, 4.69) is 0 Å². The third-order valence-electron chi connectivity index (χ3n) is 2.40. The maximum absolute atomic E-state index is 10.8. The second-order valence-electron chi connectivity index (χ2n) is 3.83. The molecule has 2 rings (SSSR count). The van der Waals surface area contributed by atoms with Crippen molar-refractivity contribution in [3.63, 3.8) is 0 Å². The van der Waals surface area contributed by atoms with Crippen LogP contribution < -0.4 is 34.3 Å². The number of hydrogen-bond acceptors (Lipinski definition) is 5. The van der Waals surface area contributed by atoms with E-state index in [-0.39, 0.29) is 35.1 Å². The molecule has 0 spiro atoms. The van der Waals surface area contributed by atoms with Gasteiger partial charge in [0, 0.05) is 0 Å². The number of aliphatic hydroxyl groups is 1. The van der Waals surface area contributed by atoms with Crippen molar-refractivity contribution >= 4 is 10.1 Å². The number of hydrogen-bond donors (Lipinski definition) is 1. The molecule has 0 fully saturated rings. The number of rotatable bonds is 4. The summed E-state index contributed by atoms with van der Waals surface area (Å²) in [4.78, 5) is 0. The minimum Gasteiger partial charge on any atom is -0.746 e. The topological polar surface area (TPSA) is 86.7 Å². The van der Waals surface area contributed by atoms with E-state index < -0.39 is 15.6 Å². The summed E-state index contributed by atoms with van der Waals surface area (Å²) in [5.41, 5.74) is -2.12. The fourth-order valence-electron chi connectivity index (χ4n) is 1.52. The van der Waals surface area contributed by atoms with E-state index in [4.69, 9.17) is 4.74 Å². The molecule has 0 aliphatic heterocycles. The molecule has 0 saturated heterocycles. The number of aliphatic hydroxyl groups excluding tert-OH is 1. The number of para-hydroxylation sites is 1. The second kappa shape index (κ2) is 7.21. The molecule has 20 heavy (non-hydrogen) atoms. The first-order chi connectivity index (χ1) is 8.97. The van der Waals surface area contributed by atoms with Crippen molar-refractivity contribution in [2.45, 2.75) is 5.44 Å². The van der Waals surface area contributed by atoms with Crippen LogP contribution in [0.1, 0.15) is 11.0 Å². The summed E-state index contributed by atoms with van der Waals surface area (Å²) < 4.78 is 37.7. The van der Waals surface area contributed by atoms with Gasteiger partial charge in [-0.2, -0.15) is 0 Å². The predicted molar refractivity (Wildman–Crippen MR) is 67.6 cm³/mol. The molecule has 2 aromatic carbocycles. The molecule has 0 aliphatic rings. The molecular formula is C13H11NaO5S. The van der Waals surface area contributed by atoms with Gasteiger partial charge in [-0.15, -0.1) is 0 Å². The Balaban J connectivity index is 0.00000200. The molecule has 1 N–H and O–H groups in total. The van der Waals surface area contributed by atoms with Crippen LogP contribution in [0.2, 0.25) is 0 Å². The molecule has 0 heterocycles. The molecule has 7 heteroatoms. The van der Waals surface area contributed by atoms with Gasteiger partial charge in [-0.05, 0) is 29.8 Å². The summed E-state index contributed by atoms with van der Waals surface area (Å²) in [5, 5.41) is 9.39. The fraction of sp³-hybridized carbons (Fsp3) is 0.0769. The second-order valence-corrected chi connectivity index (χ2v) is 5.26. The standard InChI is InChI=1S/C13H12O5S.Na/c14-13(19(15,16)17)10-5-4-8-12(9-10)18-11-6-2-1-3-7-11;/h1-9,13-14H,(H,15,16,17);/q;+1/p-1. The Kier molecular flexibility index (Phi) is 6.19. The van der Waals surface area contributed by atoms with Crippen molar-refractivity contribution in [3.05, 3.63) is 60.2 Å².